The summed E-state index contributed by atoms with van der Waals surface area (Å²) in [5.41, 5.74) is 0. The van der Waals surface area contributed by atoms with Crippen LogP contribution in [0.4, 0.5) is 0 Å². The fourth-order valence-electron chi connectivity index (χ4n) is 15.4. The van der Waals surface area contributed by atoms with Crippen LogP contribution in [0.1, 0.15) is 41.0 Å². The Morgan fingerprint density at radius 1 is 0.339 bits per heavy atom. The van der Waals surface area contributed by atoms with Gasteiger partial charge in [-0.15, -0.1) is 0 Å². The van der Waals surface area contributed by atoms with Crippen LogP contribution >= 0.6 is 0 Å². The second-order valence-corrected chi connectivity index (χ2v) is 30.4. The van der Waals surface area contributed by atoms with Gasteiger partial charge in [-0.1, -0.05) is 0 Å². The van der Waals surface area contributed by atoms with Gasteiger partial charge >= 0.3 is 5.97 Å². The average molecular weight is 1770 g/mol. The Bertz CT molecular complexity index is 3340. The predicted octanol–water partition coefficient (Wildman–Crippen LogP) is -20.7. The molecule has 54 nitrogen and oxygen atoms in total. The van der Waals surface area contributed by atoms with Gasteiger partial charge in [-0.2, -0.15) is 0 Å². The molecule has 0 aromatic heterocycles. The monoisotopic (exact) mass is 1770 g/mol. The Balaban J connectivity index is 1.03. The van der Waals surface area contributed by atoms with Crippen molar-refractivity contribution in [3.63, 3.8) is 0 Å². The topological polar surface area (TPSA) is 845 Å². The van der Waals surface area contributed by atoms with E-state index in [-0.39, 0.29) is 0 Å². The number of carboxylic acids is 1. The maximum absolute atomic E-state index is 13.2. The standard InChI is InChI=1S/C67H111N5O49/c1-16(80)68-31-21(85)6-67(66(103)104,121-54(31)36(87)22(86)7-73)106-15-30-40(91)46(97)49(100)62(114-30)116-52-27(12-78)112-61(35(45(52)96)72-20(5)84)120-57-48(99)39(90)25(10-76)110-65(57)118-55-41(92)29(14-105-64-56(47(98)38(89)24(9-75)109-64)119-59-33(70-18(3)82)42(93)37(88)23(8-74)108-59)113-63(50(55)101)117-53-28(13-79)111-60(34(44(53)95)71-19(4)83)115-51-26(11-77)107-58(102)32(43(51)94)69-17(2)81/h21-65,73-79,85-102H,6-15H2,1-5H3,(H,68,80)(H,69,81)(H,70,82)(H,71,83)(H,72,84)(H,103,104)/t21-,22+,23+,24+,25+,26+,27+,28+,29+,30+,31+,32+,33+,34+,35+,36+,37+,38+,39+,40-,41+,42+,43+,44+,45+,46-,47-,48-,49+,50-,51+,52+,53+,54+,55-,56-,57-,58?,59?,60?,61?,62?,63?,64?,65?,67?/m0/s1. The Labute approximate surface area is 684 Å². The molecule has 9 rings (SSSR count). The first-order valence-corrected chi connectivity index (χ1v) is 38.2. The van der Waals surface area contributed by atoms with E-state index in [4.69, 9.17) is 80.5 Å². The normalized spacial score (nSPS) is 46.6. The van der Waals surface area contributed by atoms with Crippen molar-refractivity contribution >= 4 is 35.5 Å². The number of aliphatic hydroxyl groups excluding tert-OH is 25. The van der Waals surface area contributed by atoms with E-state index in [1.54, 1.807) is 0 Å². The number of nitrogens with one attached hydrogen (secondary N) is 5. The molecule has 9 aliphatic heterocycles. The lowest BCUT2D eigenvalue weighted by Gasteiger charge is -2.51. The van der Waals surface area contributed by atoms with Gasteiger partial charge in [-0.3, -0.25) is 24.0 Å². The molecule has 698 valence electrons. The van der Waals surface area contributed by atoms with E-state index in [0.717, 1.165) is 34.6 Å². The highest BCUT2D eigenvalue weighted by Gasteiger charge is 2.62. The minimum Gasteiger partial charge on any atom is -0.477 e. The molecule has 46 atom stereocenters. The summed E-state index contributed by atoms with van der Waals surface area (Å²) in [5, 5.41) is 302. The van der Waals surface area contributed by atoms with Gasteiger partial charge in [0.1, 0.15) is 213 Å². The molecule has 0 bridgehead atoms. The number of carbonyl (C=O) groups is 6. The molecule has 9 saturated heterocycles. The summed E-state index contributed by atoms with van der Waals surface area (Å²) in [6, 6.07) is -9.13. The number of rotatable bonds is 33. The van der Waals surface area contributed by atoms with Gasteiger partial charge in [0, 0.05) is 41.0 Å². The summed E-state index contributed by atoms with van der Waals surface area (Å²) >= 11 is 0. The number of carboxylic acid groups (broad SMARTS) is 1. The molecule has 0 aromatic carbocycles. The van der Waals surface area contributed by atoms with Crippen molar-refractivity contribution < 1.29 is 242 Å². The highest BCUT2D eigenvalue weighted by molar-refractivity contribution is 5.77. The van der Waals surface area contributed by atoms with Gasteiger partial charge in [0.05, 0.1) is 71.6 Å². The number of aliphatic carboxylic acids is 1. The van der Waals surface area contributed by atoms with Crippen molar-refractivity contribution in [3.05, 3.63) is 0 Å². The zero-order valence-corrected chi connectivity index (χ0v) is 65.1. The summed E-state index contributed by atoms with van der Waals surface area (Å²) in [7, 11) is 0. The molecular weight excluding hydrogens is 1660 g/mol. The first-order valence-electron chi connectivity index (χ1n) is 38.2. The maximum Gasteiger partial charge on any atom is 0.364 e. The molecule has 31 N–H and O–H groups in total. The van der Waals surface area contributed by atoms with E-state index in [1.165, 1.54) is 0 Å². The number of hydrogen-bond donors (Lipinski definition) is 31. The molecule has 121 heavy (non-hydrogen) atoms. The molecule has 0 radical (unpaired) electrons. The van der Waals surface area contributed by atoms with Crippen molar-refractivity contribution in [1.82, 2.24) is 26.6 Å². The maximum atomic E-state index is 13.2. The third kappa shape index (κ3) is 22.5. The summed E-state index contributed by atoms with van der Waals surface area (Å²) < 4.78 is 101. The van der Waals surface area contributed by atoms with Gasteiger partial charge in [-0.25, -0.2) is 4.79 Å². The van der Waals surface area contributed by atoms with E-state index < -0.39 is 383 Å². The second-order valence-electron chi connectivity index (χ2n) is 30.4. The van der Waals surface area contributed by atoms with Crippen LogP contribution in [-0.4, -0.2) is 509 Å². The lowest BCUT2D eigenvalue weighted by Crippen LogP contribution is -2.71. The highest BCUT2D eigenvalue weighted by Crippen LogP contribution is 2.41. The van der Waals surface area contributed by atoms with E-state index in [0.29, 0.717) is 0 Å². The molecule has 5 amide bonds. The predicted molar refractivity (Wildman–Crippen MR) is 372 cm³/mol. The van der Waals surface area contributed by atoms with Crippen LogP contribution in [0.3, 0.4) is 0 Å². The van der Waals surface area contributed by atoms with Gasteiger partial charge in [-0.05, 0) is 0 Å². The molecule has 9 unspecified atom stereocenters. The second kappa shape index (κ2) is 43.3. The van der Waals surface area contributed by atoms with E-state index >= 15 is 0 Å². The zero-order valence-electron chi connectivity index (χ0n) is 65.1. The minimum absolute atomic E-state index is 0.798. The van der Waals surface area contributed by atoms with Crippen LogP contribution in [0.25, 0.3) is 0 Å². The number of carbonyl (C=O) groups excluding carboxylic acids is 5. The fourth-order valence-corrected chi connectivity index (χ4v) is 15.4. The van der Waals surface area contributed by atoms with Crippen LogP contribution in [-0.2, 0) is 109 Å². The van der Waals surface area contributed by atoms with Crippen LogP contribution < -0.4 is 26.6 Å². The van der Waals surface area contributed by atoms with E-state index in [2.05, 4.69) is 26.6 Å². The Morgan fingerprint density at radius 3 is 1.12 bits per heavy atom. The van der Waals surface area contributed by atoms with Crippen molar-refractivity contribution in [2.24, 2.45) is 0 Å². The number of ether oxygens (including phenoxy) is 17. The van der Waals surface area contributed by atoms with Crippen LogP contribution in [0.5, 0.6) is 0 Å². The third-order valence-corrected chi connectivity index (χ3v) is 21.7. The lowest BCUT2D eigenvalue weighted by atomic mass is 9.88. The summed E-state index contributed by atoms with van der Waals surface area (Å²) in [6.07, 6.45) is -87.4. The van der Waals surface area contributed by atoms with Crippen LogP contribution in [0, 0.1) is 0 Å². The SMILES string of the molecule is CC(=O)N[C@H]1[C@H]([C@H](O)[C@H](O)CO)OC(OC[C@H]2OC(O[C@H]3[C@H](O)[C@@H](NC(C)=O)C(O[C@@H]4C(O[C@H]5[C@H](O)[C@@H](COC6O[C@H](CO)[C@@H](O)[C@H](O)[C@@H]6OC6O[C@H](CO)[C@@H](O)[C@H](O)[C@H]6NC(C)=O)OC(O[C@H]6[C@H](O)[C@@H](NC(C)=O)C(O[C@H]7[C@H](O)[C@@H](NC(C)=O)C(O)O[C@@H]7CO)O[C@@H]6CO)[C@H]5O)O[C@H](CO)[C@@H](O)[C@@H]4O)O[C@@H]3CO)[C@H](O)[C@@H](O)[C@H]2O)(C(=O)O)C[C@@H]1O. The largest absolute Gasteiger partial charge is 0.477 e. The van der Waals surface area contributed by atoms with Gasteiger partial charge in [0.2, 0.25) is 29.5 Å². The molecule has 0 saturated carbocycles. The van der Waals surface area contributed by atoms with Crippen molar-refractivity contribution in [1.29, 1.82) is 0 Å². The molecule has 9 heterocycles. The first-order chi connectivity index (χ1) is 57.0. The average Bonchev–Trinajstić information content (AvgIpc) is 0.765. The Hall–Kier alpha value is -4.86. The molecular formula is C67H111N5O49. The molecule has 0 spiro atoms. The van der Waals surface area contributed by atoms with E-state index in [1.807, 2.05) is 0 Å². The smallest absolute Gasteiger partial charge is 0.364 e. The Kier molecular flexibility index (Phi) is 35.7. The molecule has 0 aromatic rings. The summed E-state index contributed by atoms with van der Waals surface area (Å²) in [6.45, 7) is -5.64. The molecule has 9 aliphatic rings. The van der Waals surface area contributed by atoms with Crippen molar-refractivity contribution in [3.8, 4) is 0 Å². The highest BCUT2D eigenvalue weighted by atomic mass is 16.8. The third-order valence-electron chi connectivity index (χ3n) is 21.7. The Morgan fingerprint density at radius 2 is 0.678 bits per heavy atom. The van der Waals surface area contributed by atoms with Crippen LogP contribution in [0.15, 0.2) is 0 Å². The molecule has 0 aliphatic carbocycles. The summed E-state index contributed by atoms with van der Waals surface area (Å²) in [5.74, 6) is -9.64. The molecule has 9 fully saturated rings. The zero-order chi connectivity index (χ0) is 89.6. The summed E-state index contributed by atoms with van der Waals surface area (Å²) in [4.78, 5) is 75.9. The van der Waals surface area contributed by atoms with Crippen LogP contribution in [0.2, 0.25) is 0 Å². The van der Waals surface area contributed by atoms with Gasteiger partial charge in [0.15, 0.2) is 50.3 Å². The number of amides is 5. The van der Waals surface area contributed by atoms with Gasteiger partial charge < -0.3 is 240 Å². The van der Waals surface area contributed by atoms with Crippen molar-refractivity contribution in [2.75, 3.05) is 59.5 Å². The molecule has 54 heteroatoms. The minimum atomic E-state index is -3.09. The number of hydrogen-bond acceptors (Lipinski definition) is 48. The fraction of sp³-hybridized carbons (Fsp3) is 0.910. The number of aliphatic hydroxyl groups is 25. The van der Waals surface area contributed by atoms with E-state index in [9.17, 15) is 162 Å². The van der Waals surface area contributed by atoms with Gasteiger partial charge in [0.25, 0.3) is 5.79 Å². The van der Waals surface area contributed by atoms with Crippen molar-refractivity contribution in [2.45, 2.75) is 323 Å². The first kappa shape index (κ1) is 99.9. The quantitative estimate of drug-likeness (QED) is 0.0290. The lowest BCUT2D eigenvalue weighted by molar-refractivity contribution is -0.399.